The maximum absolute atomic E-state index is 13.4. The number of hydrogen-bond donors (Lipinski definition) is 1. The largest absolute Gasteiger partial charge is 0.497 e. The lowest BCUT2D eigenvalue weighted by Crippen LogP contribution is -2.16. The molecule has 1 atom stereocenters. The van der Waals surface area contributed by atoms with Crippen LogP contribution in [0.4, 0.5) is 8.78 Å². The zero-order valence-corrected chi connectivity index (χ0v) is 18.1. The third-order valence-electron chi connectivity index (χ3n) is 5.48. The first-order valence-corrected chi connectivity index (χ1v) is 10.3. The van der Waals surface area contributed by atoms with Crippen molar-refractivity contribution in [3.63, 3.8) is 0 Å². The van der Waals surface area contributed by atoms with Crippen LogP contribution in [0.25, 0.3) is 10.9 Å². The van der Waals surface area contributed by atoms with E-state index in [0.717, 1.165) is 12.8 Å². The lowest BCUT2D eigenvalue weighted by atomic mass is 9.91. The van der Waals surface area contributed by atoms with Gasteiger partial charge < -0.3 is 14.6 Å². The highest BCUT2D eigenvalue weighted by Gasteiger charge is 2.29. The molecule has 0 aliphatic heterocycles. The normalized spacial score (nSPS) is 12.2. The minimum atomic E-state index is -2.96. The number of carboxylic acids is 1. The van der Waals surface area contributed by atoms with Crippen molar-refractivity contribution in [2.75, 3.05) is 7.11 Å². The van der Waals surface area contributed by atoms with Gasteiger partial charge in [-0.25, -0.2) is 0 Å². The van der Waals surface area contributed by atoms with E-state index in [-0.39, 0.29) is 11.3 Å². The van der Waals surface area contributed by atoms with E-state index < -0.39 is 24.4 Å². The Kier molecular flexibility index (Phi) is 7.12. The maximum atomic E-state index is 13.4. The topological polar surface area (TPSA) is 77.8 Å². The molecule has 1 N–H and O–H groups in total. The molecule has 1 unspecified atom stereocenters. The Bertz CT molecular complexity index is 1120. The summed E-state index contributed by atoms with van der Waals surface area (Å²) in [4.78, 5) is 25.5. The van der Waals surface area contributed by atoms with Crippen LogP contribution < -0.4 is 9.47 Å². The van der Waals surface area contributed by atoms with Crippen LogP contribution in [0.1, 0.15) is 53.7 Å². The molecule has 0 amide bonds. The van der Waals surface area contributed by atoms with Crippen LogP contribution in [0.2, 0.25) is 0 Å². The van der Waals surface area contributed by atoms with Crippen molar-refractivity contribution < 1.29 is 33.0 Å². The van der Waals surface area contributed by atoms with Gasteiger partial charge in [-0.3, -0.25) is 14.2 Å². The minimum Gasteiger partial charge on any atom is -0.497 e. The average molecular weight is 445 g/mol. The fraction of sp³-hybridized carbons (Fsp3) is 0.333. The zero-order chi connectivity index (χ0) is 23.4. The molecule has 0 saturated carbocycles. The first-order valence-electron chi connectivity index (χ1n) is 10.3. The molecule has 0 saturated heterocycles. The van der Waals surface area contributed by atoms with Crippen molar-refractivity contribution in [1.82, 2.24) is 4.57 Å². The molecule has 6 nitrogen and oxygen atoms in total. The van der Waals surface area contributed by atoms with Gasteiger partial charge >= 0.3 is 12.6 Å². The number of aliphatic carboxylic acids is 1. The molecule has 0 spiro atoms. The van der Waals surface area contributed by atoms with Gasteiger partial charge in [-0.15, -0.1) is 0 Å². The number of rotatable bonds is 9. The van der Waals surface area contributed by atoms with Crippen LogP contribution >= 0.6 is 0 Å². The van der Waals surface area contributed by atoms with Crippen molar-refractivity contribution in [1.29, 1.82) is 0 Å². The van der Waals surface area contributed by atoms with Gasteiger partial charge in [0.15, 0.2) is 0 Å². The summed E-state index contributed by atoms with van der Waals surface area (Å²) in [5.74, 6) is -1.63. The van der Waals surface area contributed by atoms with Crippen molar-refractivity contribution in [3.05, 3.63) is 59.3 Å². The molecular formula is C24H25F2NO5. The van der Waals surface area contributed by atoms with Crippen LogP contribution in [-0.2, 0) is 4.79 Å². The average Bonchev–Trinajstić information content (AvgIpc) is 3.04. The molecule has 3 rings (SSSR count). The summed E-state index contributed by atoms with van der Waals surface area (Å²) in [7, 11) is 1.52. The molecule has 0 aliphatic rings. The molecule has 0 radical (unpaired) electrons. The number of halogens is 2. The van der Waals surface area contributed by atoms with E-state index in [0.29, 0.717) is 34.3 Å². The number of hydrogen-bond acceptors (Lipinski definition) is 4. The third-order valence-corrected chi connectivity index (χ3v) is 5.48. The Morgan fingerprint density at radius 3 is 2.31 bits per heavy atom. The minimum absolute atomic E-state index is 0.0541. The van der Waals surface area contributed by atoms with Gasteiger partial charge in [0.25, 0.3) is 5.91 Å². The summed E-state index contributed by atoms with van der Waals surface area (Å²) in [6.07, 6.45) is 2.01. The number of nitrogens with zero attached hydrogens (tertiary/aromatic N) is 1. The molecule has 0 bridgehead atoms. The fourth-order valence-corrected chi connectivity index (χ4v) is 3.96. The molecular weight excluding hydrogens is 420 g/mol. The van der Waals surface area contributed by atoms with Crippen LogP contribution in [0.3, 0.4) is 0 Å². The lowest BCUT2D eigenvalue weighted by molar-refractivity contribution is -0.139. The van der Waals surface area contributed by atoms with Crippen molar-refractivity contribution >= 4 is 22.8 Å². The van der Waals surface area contributed by atoms with E-state index in [1.165, 1.54) is 35.9 Å². The number of fused-ring (bicyclic) bond motifs is 1. The van der Waals surface area contributed by atoms with Crippen LogP contribution in [0.15, 0.2) is 42.5 Å². The van der Waals surface area contributed by atoms with Crippen LogP contribution in [-0.4, -0.2) is 35.3 Å². The number of benzene rings is 2. The highest BCUT2D eigenvalue weighted by molar-refractivity contribution is 6.05. The number of alkyl halides is 2. The molecule has 170 valence electrons. The van der Waals surface area contributed by atoms with E-state index in [1.807, 2.05) is 6.92 Å². The van der Waals surface area contributed by atoms with E-state index in [1.54, 1.807) is 25.1 Å². The standard InChI is InChI=1S/C24H25F2NO5/c1-4-5-6-18(23(29)30)21-14(2)27(20-12-11-17(31-3)13-19(20)21)22(28)15-7-9-16(10-8-15)32-24(25)26/h7-13,18,24H,4-6H2,1-3H3,(H,29,30). The van der Waals surface area contributed by atoms with Crippen molar-refractivity contribution in [2.45, 2.75) is 45.6 Å². The molecule has 1 heterocycles. The Morgan fingerprint density at radius 1 is 1.09 bits per heavy atom. The van der Waals surface area contributed by atoms with Gasteiger partial charge in [0.05, 0.1) is 18.5 Å². The summed E-state index contributed by atoms with van der Waals surface area (Å²) in [5.41, 5.74) is 1.91. The first-order chi connectivity index (χ1) is 15.3. The Hall–Kier alpha value is -3.42. The number of unbranched alkanes of at least 4 members (excludes halogenated alkanes) is 1. The number of carbonyl (C=O) groups excluding carboxylic acids is 1. The second kappa shape index (κ2) is 9.80. The van der Waals surface area contributed by atoms with Crippen LogP contribution in [0, 0.1) is 6.92 Å². The predicted octanol–water partition coefficient (Wildman–Crippen LogP) is 5.61. The molecule has 2 aromatic carbocycles. The van der Waals surface area contributed by atoms with Gasteiger partial charge in [0, 0.05) is 16.6 Å². The molecule has 0 aliphatic carbocycles. The second-order valence-corrected chi connectivity index (χ2v) is 7.46. The Morgan fingerprint density at radius 2 is 1.75 bits per heavy atom. The number of ether oxygens (including phenoxy) is 2. The summed E-state index contributed by atoms with van der Waals surface area (Å²) in [6.45, 7) is 0.750. The van der Waals surface area contributed by atoms with Gasteiger partial charge in [-0.1, -0.05) is 19.8 Å². The summed E-state index contributed by atoms with van der Waals surface area (Å²) in [5, 5.41) is 10.6. The van der Waals surface area contributed by atoms with E-state index >= 15 is 0 Å². The van der Waals surface area contributed by atoms with Crippen molar-refractivity contribution in [3.8, 4) is 11.5 Å². The smallest absolute Gasteiger partial charge is 0.387 e. The number of carbonyl (C=O) groups is 2. The SMILES string of the molecule is CCCCC(C(=O)O)c1c(C)n(C(=O)c2ccc(OC(F)F)cc2)c2ccc(OC)cc12. The number of aromatic nitrogens is 1. The Balaban J connectivity index is 2.15. The molecule has 8 heteroatoms. The summed E-state index contributed by atoms with van der Waals surface area (Å²) < 4.78 is 36.0. The van der Waals surface area contributed by atoms with E-state index in [9.17, 15) is 23.5 Å². The van der Waals surface area contributed by atoms with Gasteiger partial charge in [-0.05, 0) is 61.4 Å². The second-order valence-electron chi connectivity index (χ2n) is 7.46. The monoisotopic (exact) mass is 445 g/mol. The number of methoxy groups -OCH3 is 1. The lowest BCUT2D eigenvalue weighted by Gasteiger charge is -2.14. The Labute approximate surface area is 184 Å². The first kappa shape index (κ1) is 23.2. The van der Waals surface area contributed by atoms with Crippen LogP contribution in [0.5, 0.6) is 11.5 Å². The summed E-state index contributed by atoms with van der Waals surface area (Å²) >= 11 is 0. The quantitative estimate of drug-likeness (QED) is 0.463. The van der Waals surface area contributed by atoms with E-state index in [4.69, 9.17) is 4.74 Å². The van der Waals surface area contributed by atoms with E-state index in [2.05, 4.69) is 4.74 Å². The zero-order valence-electron chi connectivity index (χ0n) is 18.1. The fourth-order valence-electron chi connectivity index (χ4n) is 3.96. The third kappa shape index (κ3) is 4.59. The molecule has 32 heavy (non-hydrogen) atoms. The molecule has 1 aromatic heterocycles. The predicted molar refractivity (Wildman–Crippen MR) is 116 cm³/mol. The number of carboxylic acid groups (broad SMARTS) is 1. The maximum Gasteiger partial charge on any atom is 0.387 e. The highest BCUT2D eigenvalue weighted by Crippen LogP contribution is 2.37. The highest BCUT2D eigenvalue weighted by atomic mass is 19.3. The molecule has 0 fully saturated rings. The van der Waals surface area contributed by atoms with Gasteiger partial charge in [0.1, 0.15) is 11.5 Å². The van der Waals surface area contributed by atoms with Crippen molar-refractivity contribution in [2.24, 2.45) is 0 Å². The van der Waals surface area contributed by atoms with Gasteiger partial charge in [0.2, 0.25) is 0 Å². The van der Waals surface area contributed by atoms with Gasteiger partial charge in [-0.2, -0.15) is 8.78 Å². The molecule has 3 aromatic rings. The summed E-state index contributed by atoms with van der Waals surface area (Å²) in [6, 6.07) is 10.6.